The number of aliphatic hydroxyl groups is 1. The molecule has 3 rings (SSSR count). The molecule has 0 bridgehead atoms. The molecule has 3 N–H and O–H groups in total. The number of nitrogens with one attached hydrogen (secondary N) is 2. The van der Waals surface area contributed by atoms with Crippen molar-refractivity contribution in [3.05, 3.63) is 76.4 Å². The molecule has 0 aliphatic carbocycles. The first-order chi connectivity index (χ1) is 14.5. The minimum Gasteiger partial charge on any atom is -0.439 e. The first kappa shape index (κ1) is 21.7. The number of ether oxygens (including phenoxy) is 1. The number of aliphatic imine (C=N–C) groups is 1. The normalized spacial score (nSPS) is 13.5. The summed E-state index contributed by atoms with van der Waals surface area (Å²) in [7, 11) is 0. The summed E-state index contributed by atoms with van der Waals surface area (Å²) in [6.07, 6.45) is 1.67. The molecular weight excluding hydrogens is 403 g/mol. The van der Waals surface area contributed by atoms with Gasteiger partial charge in [-0.15, -0.1) is 11.3 Å². The molecule has 8 heteroatoms. The zero-order valence-corrected chi connectivity index (χ0v) is 17.7. The third kappa shape index (κ3) is 6.27. The Bertz CT molecular complexity index is 960. The zero-order chi connectivity index (χ0) is 21.4. The van der Waals surface area contributed by atoms with Gasteiger partial charge in [-0.25, -0.2) is 14.4 Å². The van der Waals surface area contributed by atoms with Gasteiger partial charge in [0.25, 0.3) is 0 Å². The van der Waals surface area contributed by atoms with E-state index in [0.29, 0.717) is 37.2 Å². The first-order valence-corrected chi connectivity index (χ1v) is 10.5. The van der Waals surface area contributed by atoms with E-state index >= 15 is 0 Å². The second kappa shape index (κ2) is 10.2. The lowest BCUT2D eigenvalue weighted by atomic mass is 10.1. The molecule has 0 spiro atoms. The van der Waals surface area contributed by atoms with E-state index in [1.165, 1.54) is 23.5 Å². The molecule has 6 nitrogen and oxygen atoms in total. The molecule has 30 heavy (non-hydrogen) atoms. The summed E-state index contributed by atoms with van der Waals surface area (Å²) in [5.41, 5.74) is -0.0919. The molecule has 0 saturated carbocycles. The number of hydrogen-bond donors (Lipinski definition) is 3. The van der Waals surface area contributed by atoms with Gasteiger partial charge in [-0.1, -0.05) is 18.2 Å². The van der Waals surface area contributed by atoms with Gasteiger partial charge in [0.1, 0.15) is 17.2 Å². The minimum atomic E-state index is -0.984. The van der Waals surface area contributed by atoms with Crippen molar-refractivity contribution in [3.8, 4) is 11.6 Å². The maximum absolute atomic E-state index is 13.2. The third-order valence-corrected chi connectivity index (χ3v) is 5.36. The average molecular weight is 429 g/mol. The van der Waals surface area contributed by atoms with E-state index in [0.717, 1.165) is 10.4 Å². The van der Waals surface area contributed by atoms with Crippen molar-refractivity contribution in [2.24, 2.45) is 4.99 Å². The number of guanidine groups is 1. The monoisotopic (exact) mass is 428 g/mol. The molecule has 0 amide bonds. The Labute approximate surface area is 179 Å². The van der Waals surface area contributed by atoms with Crippen LogP contribution in [0.1, 0.15) is 24.3 Å². The summed E-state index contributed by atoms with van der Waals surface area (Å²) in [4.78, 5) is 9.70. The molecule has 1 atom stereocenters. The van der Waals surface area contributed by atoms with E-state index in [1.54, 1.807) is 31.3 Å². The predicted molar refractivity (Wildman–Crippen MR) is 117 cm³/mol. The lowest BCUT2D eigenvalue weighted by Crippen LogP contribution is -2.44. The second-order valence-electron chi connectivity index (χ2n) is 6.86. The highest BCUT2D eigenvalue weighted by molar-refractivity contribution is 7.10. The van der Waals surface area contributed by atoms with Gasteiger partial charge in [-0.3, -0.25) is 0 Å². The van der Waals surface area contributed by atoms with E-state index in [9.17, 15) is 9.50 Å². The summed E-state index contributed by atoms with van der Waals surface area (Å²) in [6.45, 7) is 5.19. The van der Waals surface area contributed by atoms with Crippen LogP contribution in [0.4, 0.5) is 4.39 Å². The summed E-state index contributed by atoms with van der Waals surface area (Å²) >= 11 is 1.52. The van der Waals surface area contributed by atoms with E-state index < -0.39 is 5.60 Å². The third-order valence-electron chi connectivity index (χ3n) is 4.23. The van der Waals surface area contributed by atoms with Gasteiger partial charge in [0.05, 0.1) is 13.1 Å². The number of aromatic nitrogens is 1. The van der Waals surface area contributed by atoms with Crippen molar-refractivity contribution in [3.63, 3.8) is 0 Å². The zero-order valence-electron chi connectivity index (χ0n) is 16.9. The van der Waals surface area contributed by atoms with Crippen molar-refractivity contribution in [1.82, 2.24) is 15.6 Å². The molecule has 2 heterocycles. The van der Waals surface area contributed by atoms with Crippen LogP contribution < -0.4 is 15.4 Å². The fourth-order valence-corrected chi connectivity index (χ4v) is 3.44. The van der Waals surface area contributed by atoms with Crippen LogP contribution in [0.2, 0.25) is 0 Å². The van der Waals surface area contributed by atoms with E-state index in [1.807, 2.05) is 30.5 Å². The van der Waals surface area contributed by atoms with Crippen LogP contribution in [0, 0.1) is 5.82 Å². The summed E-state index contributed by atoms with van der Waals surface area (Å²) in [6, 6.07) is 13.3. The van der Waals surface area contributed by atoms with Crippen LogP contribution in [0.15, 0.2) is 65.1 Å². The first-order valence-electron chi connectivity index (χ1n) is 9.63. The Morgan fingerprint density at radius 1 is 1.23 bits per heavy atom. The van der Waals surface area contributed by atoms with Gasteiger partial charge < -0.3 is 20.5 Å². The largest absolute Gasteiger partial charge is 0.439 e. The van der Waals surface area contributed by atoms with Crippen LogP contribution in [0.25, 0.3) is 0 Å². The Balaban J connectivity index is 1.58. The number of pyridine rings is 1. The molecule has 0 radical (unpaired) electrons. The van der Waals surface area contributed by atoms with Crippen LogP contribution in [0.3, 0.4) is 0 Å². The van der Waals surface area contributed by atoms with Gasteiger partial charge >= 0.3 is 0 Å². The average Bonchev–Trinajstić information content (AvgIpc) is 3.27. The van der Waals surface area contributed by atoms with Crippen molar-refractivity contribution >= 4 is 17.3 Å². The molecule has 0 aliphatic rings. The van der Waals surface area contributed by atoms with Crippen LogP contribution in [-0.4, -0.2) is 29.1 Å². The summed E-state index contributed by atoms with van der Waals surface area (Å²) < 4.78 is 18.8. The highest BCUT2D eigenvalue weighted by Gasteiger charge is 2.24. The quantitative estimate of drug-likeness (QED) is 0.373. The van der Waals surface area contributed by atoms with E-state index in [-0.39, 0.29) is 5.82 Å². The smallest absolute Gasteiger partial charge is 0.219 e. The Hall–Kier alpha value is -2.97. The van der Waals surface area contributed by atoms with Gasteiger partial charge in [-0.2, -0.15) is 0 Å². The molecular formula is C22H25FN4O2S. The van der Waals surface area contributed by atoms with Crippen molar-refractivity contribution in [1.29, 1.82) is 0 Å². The number of rotatable bonds is 8. The van der Waals surface area contributed by atoms with Gasteiger partial charge in [-0.05, 0) is 43.0 Å². The maximum Gasteiger partial charge on any atom is 0.219 e. The van der Waals surface area contributed by atoms with Crippen LogP contribution in [0.5, 0.6) is 11.6 Å². The standard InChI is InChI=1S/C22H25FN4O2S/c1-3-24-21(27-15-22(2,28)19-8-5-11-30-19)26-14-16-9-10-20(25-13-16)29-18-7-4-6-17(23)12-18/h4-13,28H,3,14-15H2,1-2H3,(H2,24,26,27). The SMILES string of the molecule is CCNC(=NCc1ccc(Oc2cccc(F)c2)nc1)NCC(C)(O)c1cccs1. The number of halogens is 1. The van der Waals surface area contributed by atoms with Crippen molar-refractivity contribution in [2.75, 3.05) is 13.1 Å². The van der Waals surface area contributed by atoms with Crippen molar-refractivity contribution in [2.45, 2.75) is 26.0 Å². The molecule has 1 aromatic carbocycles. The molecule has 0 aliphatic heterocycles. The van der Waals surface area contributed by atoms with Gasteiger partial charge in [0.2, 0.25) is 5.88 Å². The maximum atomic E-state index is 13.2. The van der Waals surface area contributed by atoms with E-state index in [2.05, 4.69) is 20.6 Å². The lowest BCUT2D eigenvalue weighted by molar-refractivity contribution is 0.0655. The molecule has 0 saturated heterocycles. The fraction of sp³-hybridized carbons (Fsp3) is 0.273. The number of hydrogen-bond acceptors (Lipinski definition) is 5. The summed E-state index contributed by atoms with van der Waals surface area (Å²) in [5.74, 6) is 1.02. The number of benzene rings is 1. The molecule has 0 fully saturated rings. The highest BCUT2D eigenvalue weighted by Crippen LogP contribution is 2.24. The minimum absolute atomic E-state index is 0.331. The Morgan fingerprint density at radius 2 is 2.10 bits per heavy atom. The predicted octanol–water partition coefficient (Wildman–Crippen LogP) is 4.04. The molecule has 3 aromatic rings. The number of thiophene rings is 1. The second-order valence-corrected chi connectivity index (χ2v) is 7.81. The Morgan fingerprint density at radius 3 is 2.77 bits per heavy atom. The van der Waals surface area contributed by atoms with Gasteiger partial charge in [0.15, 0.2) is 5.96 Å². The highest BCUT2D eigenvalue weighted by atomic mass is 32.1. The molecule has 158 valence electrons. The van der Waals surface area contributed by atoms with Gasteiger partial charge in [0, 0.05) is 29.8 Å². The lowest BCUT2D eigenvalue weighted by Gasteiger charge is -2.23. The van der Waals surface area contributed by atoms with Crippen molar-refractivity contribution < 1.29 is 14.2 Å². The topological polar surface area (TPSA) is 78.8 Å². The summed E-state index contributed by atoms with van der Waals surface area (Å²) in [5, 5.41) is 19.0. The Kier molecular flexibility index (Phi) is 7.37. The van der Waals surface area contributed by atoms with Crippen LogP contribution >= 0.6 is 11.3 Å². The number of nitrogens with zero attached hydrogens (tertiary/aromatic N) is 2. The van der Waals surface area contributed by atoms with E-state index in [4.69, 9.17) is 4.74 Å². The molecule has 1 unspecified atom stereocenters. The molecule has 2 aromatic heterocycles. The fourth-order valence-electron chi connectivity index (χ4n) is 2.66. The van der Waals surface area contributed by atoms with Crippen LogP contribution in [-0.2, 0) is 12.1 Å².